The summed E-state index contributed by atoms with van der Waals surface area (Å²) in [5.74, 6) is 0.465. The van der Waals surface area contributed by atoms with Gasteiger partial charge in [-0.25, -0.2) is 0 Å². The van der Waals surface area contributed by atoms with Crippen molar-refractivity contribution in [1.82, 2.24) is 20.6 Å². The van der Waals surface area contributed by atoms with Gasteiger partial charge in [-0.05, 0) is 85.3 Å². The minimum Gasteiger partial charge on any atom is -0.488 e. The Balaban J connectivity index is 1.09. The Morgan fingerprint density at radius 2 is 1.11 bits per heavy atom. The van der Waals surface area contributed by atoms with E-state index in [1.165, 1.54) is 28.1 Å². The molecule has 4 atom stereocenters. The lowest BCUT2D eigenvalue weighted by Crippen LogP contribution is -2.45. The zero-order chi connectivity index (χ0) is 52.9. The molecule has 1 aliphatic rings. The highest BCUT2D eigenvalue weighted by atomic mass is 35.5. The number of esters is 2. The smallest absolute Gasteiger partial charge is 0.325 e. The first-order valence-corrected chi connectivity index (χ1v) is 24.6. The van der Waals surface area contributed by atoms with E-state index in [1.54, 1.807) is 62.3 Å². The lowest BCUT2D eigenvalue weighted by atomic mass is 9.92. The highest BCUT2D eigenvalue weighted by Crippen LogP contribution is 2.38. The van der Waals surface area contributed by atoms with Crippen molar-refractivity contribution in [2.75, 3.05) is 27.8 Å². The number of nitrogens with zero attached hydrogens (tertiary/aromatic N) is 4. The average molecular weight is 1050 g/mol. The number of hydrogen-bond donors (Lipinski definition) is 4. The molecule has 0 spiro atoms. The van der Waals surface area contributed by atoms with Gasteiger partial charge in [-0.2, -0.15) is 0 Å². The summed E-state index contributed by atoms with van der Waals surface area (Å²) in [6, 6.07) is 20.9. The van der Waals surface area contributed by atoms with E-state index < -0.39 is 36.2 Å². The van der Waals surface area contributed by atoms with E-state index in [1.807, 2.05) is 50.2 Å². The molecule has 18 heteroatoms. The summed E-state index contributed by atoms with van der Waals surface area (Å²) in [4.78, 5) is 42.0. The van der Waals surface area contributed by atoms with Gasteiger partial charge >= 0.3 is 11.9 Å². The molecule has 7 rings (SSSR count). The summed E-state index contributed by atoms with van der Waals surface area (Å²) in [6.45, 7) is 8.76. The largest absolute Gasteiger partial charge is 0.488 e. The Hall–Kier alpha value is -6.92. The number of methoxy groups -OCH3 is 2. The van der Waals surface area contributed by atoms with E-state index in [0.717, 1.165) is 61.3 Å². The highest BCUT2D eigenvalue weighted by Gasteiger charge is 2.27. The quantitative estimate of drug-likeness (QED) is 0.0315. The third kappa shape index (κ3) is 14.2. The number of nitrogens with one attached hydrogen (secondary N) is 2. The summed E-state index contributed by atoms with van der Waals surface area (Å²) in [7, 11) is 4.22. The van der Waals surface area contributed by atoms with Crippen molar-refractivity contribution >= 4 is 47.1 Å². The van der Waals surface area contributed by atoms with Crippen LogP contribution in [0.25, 0.3) is 11.1 Å². The van der Waals surface area contributed by atoms with Gasteiger partial charge in [0, 0.05) is 96.7 Å². The van der Waals surface area contributed by atoms with Crippen LogP contribution in [0, 0.1) is 13.8 Å². The van der Waals surface area contributed by atoms with Crippen molar-refractivity contribution < 1.29 is 48.2 Å². The molecule has 0 fully saturated rings. The Morgan fingerprint density at radius 3 is 1.55 bits per heavy atom. The third-order valence-corrected chi connectivity index (χ3v) is 13.0. The summed E-state index contributed by atoms with van der Waals surface area (Å²) in [5, 5.41) is 27.4. The Labute approximate surface area is 440 Å². The van der Waals surface area contributed by atoms with Crippen molar-refractivity contribution in [2.45, 2.75) is 91.5 Å². The molecule has 74 heavy (non-hydrogen) atoms. The standard InChI is InChI=1S/C56H60Cl2N6O10/c1-32-39(30-73-51-18-49(71-28-37-14-36(20-59-5)21-60-22-37)42(16-46(51)57)25-63-53(34(3)65)55(67)69-6)10-8-12-44(32)45-13-9-11-40(33(45)2)31-74-52-19-50(72-29-38-15-41(24-61-23-38)48-27-62-48)43(17-47(52)58)26-64-54(35(4)66)56(68)70-7/h8-24,34-35,53-54,63-66H,25-31H2,1-7H3/t34-,35-,53-,54-/m0/s1. The lowest BCUT2D eigenvalue weighted by molar-refractivity contribution is -0.146. The highest BCUT2D eigenvalue weighted by molar-refractivity contribution is 6.32. The molecule has 388 valence electrons. The van der Waals surface area contributed by atoms with Crippen LogP contribution in [0.5, 0.6) is 23.0 Å². The first-order chi connectivity index (χ1) is 35.7. The van der Waals surface area contributed by atoms with Gasteiger partial charge in [0.05, 0.1) is 48.7 Å². The van der Waals surface area contributed by atoms with Crippen LogP contribution in [0.4, 0.5) is 0 Å². The number of aliphatic hydroxyl groups excluding tert-OH is 2. The lowest BCUT2D eigenvalue weighted by Gasteiger charge is -2.21. The molecule has 4 N–H and O–H groups in total. The van der Waals surface area contributed by atoms with Gasteiger partial charge in [0.1, 0.15) is 61.5 Å². The monoisotopic (exact) mass is 1050 g/mol. The van der Waals surface area contributed by atoms with Crippen LogP contribution in [0.15, 0.2) is 108 Å². The van der Waals surface area contributed by atoms with E-state index in [2.05, 4.69) is 42.7 Å². The van der Waals surface area contributed by atoms with Gasteiger partial charge in [0.2, 0.25) is 0 Å². The van der Waals surface area contributed by atoms with Crippen LogP contribution in [0.3, 0.4) is 0 Å². The predicted octanol–water partition coefficient (Wildman–Crippen LogP) is 8.26. The molecular weight excluding hydrogens is 988 g/mol. The second-order valence-electron chi connectivity index (χ2n) is 17.7. The van der Waals surface area contributed by atoms with Crippen LogP contribution >= 0.6 is 23.2 Å². The summed E-state index contributed by atoms with van der Waals surface area (Å²) in [5.41, 5.74) is 11.5. The zero-order valence-corrected chi connectivity index (χ0v) is 43.8. The molecule has 0 bridgehead atoms. The van der Waals surface area contributed by atoms with Crippen molar-refractivity contribution in [3.63, 3.8) is 0 Å². The minimum atomic E-state index is -1.03. The fourth-order valence-corrected chi connectivity index (χ4v) is 8.64. The molecule has 0 saturated carbocycles. The maximum absolute atomic E-state index is 12.5. The van der Waals surface area contributed by atoms with E-state index in [4.69, 9.17) is 51.6 Å². The SMILES string of the molecule is CN=Cc1cncc(COc2cc(OCc3cccc(-c4cccc(COc5cc(OCc6cncc(C7=NC7)c6)c(CN[C@H](C(=O)OC)[C@H](C)O)cc5Cl)c4C)c3C)c(Cl)cc2CN[C@H](C(=O)OC)[C@H](C)O)c1. The molecule has 0 saturated heterocycles. The number of aromatic nitrogens is 2. The first-order valence-electron chi connectivity index (χ1n) is 23.8. The van der Waals surface area contributed by atoms with Gasteiger partial charge in [0.25, 0.3) is 0 Å². The third-order valence-electron chi connectivity index (χ3n) is 12.4. The molecule has 4 aromatic carbocycles. The van der Waals surface area contributed by atoms with Crippen molar-refractivity contribution in [3.8, 4) is 34.1 Å². The second-order valence-corrected chi connectivity index (χ2v) is 18.5. The Morgan fingerprint density at radius 1 is 0.649 bits per heavy atom. The Bertz CT molecular complexity index is 3020. The number of carbonyl (C=O) groups excluding carboxylic acids is 2. The van der Waals surface area contributed by atoms with Crippen molar-refractivity contribution in [3.05, 3.63) is 163 Å². The fourth-order valence-electron chi connectivity index (χ4n) is 8.16. The van der Waals surface area contributed by atoms with Gasteiger partial charge in [-0.1, -0.05) is 59.6 Å². The number of ether oxygens (including phenoxy) is 6. The molecule has 0 radical (unpaired) electrons. The number of hydrogen-bond acceptors (Lipinski definition) is 16. The molecule has 0 unspecified atom stereocenters. The molecule has 6 aromatic rings. The van der Waals surface area contributed by atoms with Crippen molar-refractivity contribution in [1.29, 1.82) is 0 Å². The van der Waals surface area contributed by atoms with Crippen LogP contribution in [-0.4, -0.2) is 96.1 Å². The Kier molecular flexibility index (Phi) is 19.1. The van der Waals surface area contributed by atoms with Crippen LogP contribution < -0.4 is 29.6 Å². The molecular formula is C56H60Cl2N6O10. The number of aliphatic hydroxyl groups is 2. The van der Waals surface area contributed by atoms with E-state index in [9.17, 15) is 19.8 Å². The maximum atomic E-state index is 12.5. The summed E-state index contributed by atoms with van der Waals surface area (Å²) >= 11 is 13.8. The summed E-state index contributed by atoms with van der Waals surface area (Å²) in [6.07, 6.45) is 6.57. The number of pyridine rings is 2. The molecule has 1 aliphatic heterocycles. The summed E-state index contributed by atoms with van der Waals surface area (Å²) < 4.78 is 35.4. The number of aliphatic imine (C=N–C) groups is 2. The zero-order valence-electron chi connectivity index (χ0n) is 42.3. The number of carbonyl (C=O) groups is 2. The number of benzene rings is 4. The number of rotatable bonds is 25. The fraction of sp³-hybridized carbons (Fsp3) is 0.321. The molecule has 2 aromatic heterocycles. The van der Waals surface area contributed by atoms with E-state index >= 15 is 0 Å². The predicted molar refractivity (Wildman–Crippen MR) is 284 cm³/mol. The second kappa shape index (κ2) is 25.8. The molecule has 16 nitrogen and oxygen atoms in total. The van der Waals surface area contributed by atoms with E-state index in [0.29, 0.717) is 50.7 Å². The molecule has 0 amide bonds. The topological polar surface area (TPSA) is 205 Å². The average Bonchev–Trinajstić information content (AvgIpc) is 4.25. The first kappa shape index (κ1) is 54.8. The van der Waals surface area contributed by atoms with Gasteiger partial charge < -0.3 is 38.6 Å². The van der Waals surface area contributed by atoms with Crippen LogP contribution in [0.2, 0.25) is 10.0 Å². The van der Waals surface area contributed by atoms with Crippen LogP contribution in [-0.2, 0) is 58.6 Å². The number of halogens is 2. The molecule has 3 heterocycles. The van der Waals surface area contributed by atoms with Crippen molar-refractivity contribution in [2.24, 2.45) is 9.98 Å². The van der Waals surface area contributed by atoms with Crippen LogP contribution in [0.1, 0.15) is 69.5 Å². The molecule has 0 aliphatic carbocycles. The minimum absolute atomic E-state index is 0.119. The maximum Gasteiger partial charge on any atom is 0.325 e. The van der Waals surface area contributed by atoms with Gasteiger partial charge in [-0.3, -0.25) is 40.2 Å². The van der Waals surface area contributed by atoms with Gasteiger partial charge in [0.15, 0.2) is 0 Å². The van der Waals surface area contributed by atoms with E-state index in [-0.39, 0.29) is 39.5 Å². The normalized spacial score (nSPS) is 13.6. The van der Waals surface area contributed by atoms with Gasteiger partial charge in [-0.15, -0.1) is 0 Å².